The fraction of sp³-hybridized carbons (Fsp3) is 0.600. The first-order chi connectivity index (χ1) is 15.6. The highest BCUT2D eigenvalue weighted by atomic mass is 16.5. The smallest absolute Gasteiger partial charge is 0.259 e. The van der Waals surface area contributed by atoms with Crippen molar-refractivity contribution in [1.29, 1.82) is 0 Å². The second kappa shape index (κ2) is 10.5. The average molecular weight is 442 g/mol. The van der Waals surface area contributed by atoms with E-state index >= 15 is 0 Å². The predicted octanol–water partition coefficient (Wildman–Crippen LogP) is 3.92. The van der Waals surface area contributed by atoms with Crippen LogP contribution in [-0.4, -0.2) is 67.4 Å². The third-order valence-corrected chi connectivity index (χ3v) is 6.90. The van der Waals surface area contributed by atoms with Gasteiger partial charge in [-0.3, -0.25) is 9.69 Å². The molecule has 7 heteroatoms. The maximum atomic E-state index is 12.9. The molecule has 0 N–H and O–H groups in total. The molecule has 0 aliphatic carbocycles. The summed E-state index contributed by atoms with van der Waals surface area (Å²) >= 11 is 0. The summed E-state index contributed by atoms with van der Waals surface area (Å²) in [6, 6.07) is 8.34. The van der Waals surface area contributed by atoms with Crippen molar-refractivity contribution in [2.45, 2.75) is 45.6 Å². The van der Waals surface area contributed by atoms with Crippen LogP contribution in [0.1, 0.15) is 53.8 Å². The van der Waals surface area contributed by atoms with Gasteiger partial charge in [-0.25, -0.2) is 0 Å². The van der Waals surface area contributed by atoms with E-state index in [0.29, 0.717) is 17.9 Å². The van der Waals surface area contributed by atoms with Gasteiger partial charge in [0.2, 0.25) is 0 Å². The van der Waals surface area contributed by atoms with Crippen LogP contribution in [0.25, 0.3) is 0 Å². The number of nitrogens with zero attached hydrogens (tertiary/aromatic N) is 3. The molecule has 0 radical (unpaired) electrons. The Balaban J connectivity index is 1.46. The molecule has 1 fully saturated rings. The SMILES string of the molecule is Cc1oncc1C(=O)N1CCC2(CCCCOCCN(C)Cc3ccccc3OC2)CC1. The standard InChI is InChI=1S/C25H35N3O4/c1-20-22(17-26-32-20)24(29)28-12-10-25(11-13-28)9-5-6-15-30-16-14-27(2)18-21-7-3-4-8-23(21)31-19-25/h3-4,7-8,17H,5-6,9-16,18-19H2,1-2H3. The van der Waals surface area contributed by atoms with Crippen molar-refractivity contribution in [3.8, 4) is 5.75 Å². The number of likely N-dealkylation sites (N-methyl/N-ethyl adjacent to an activating group) is 1. The molecule has 2 aliphatic heterocycles. The largest absolute Gasteiger partial charge is 0.493 e. The lowest BCUT2D eigenvalue weighted by Crippen LogP contribution is -2.45. The number of aromatic nitrogens is 1. The molecule has 174 valence electrons. The van der Waals surface area contributed by atoms with E-state index in [2.05, 4.69) is 35.3 Å². The number of para-hydroxylation sites is 1. The van der Waals surface area contributed by atoms with Crippen LogP contribution < -0.4 is 4.74 Å². The molecule has 0 unspecified atom stereocenters. The number of benzene rings is 1. The molecule has 1 spiro atoms. The highest BCUT2D eigenvalue weighted by molar-refractivity contribution is 5.94. The van der Waals surface area contributed by atoms with Gasteiger partial charge in [0.15, 0.2) is 0 Å². The number of piperidine rings is 1. The van der Waals surface area contributed by atoms with E-state index < -0.39 is 0 Å². The fourth-order valence-electron chi connectivity index (χ4n) is 4.73. The van der Waals surface area contributed by atoms with Crippen LogP contribution in [0, 0.1) is 12.3 Å². The van der Waals surface area contributed by atoms with Gasteiger partial charge in [0.05, 0.1) is 19.4 Å². The number of ether oxygens (including phenoxy) is 2. The molecule has 7 nitrogen and oxygen atoms in total. The van der Waals surface area contributed by atoms with Gasteiger partial charge >= 0.3 is 0 Å². The third-order valence-electron chi connectivity index (χ3n) is 6.90. The number of carbonyl (C=O) groups is 1. The number of rotatable bonds is 1. The molecular weight excluding hydrogens is 406 g/mol. The summed E-state index contributed by atoms with van der Waals surface area (Å²) in [4.78, 5) is 17.1. The second-order valence-electron chi connectivity index (χ2n) is 9.29. The van der Waals surface area contributed by atoms with Crippen LogP contribution in [0.2, 0.25) is 0 Å². The first kappa shape index (κ1) is 22.8. The summed E-state index contributed by atoms with van der Waals surface area (Å²) in [7, 11) is 2.12. The van der Waals surface area contributed by atoms with E-state index in [1.165, 1.54) is 11.8 Å². The molecule has 3 heterocycles. The van der Waals surface area contributed by atoms with E-state index in [-0.39, 0.29) is 11.3 Å². The molecule has 0 saturated carbocycles. The van der Waals surface area contributed by atoms with Gasteiger partial charge < -0.3 is 18.9 Å². The van der Waals surface area contributed by atoms with E-state index in [1.807, 2.05) is 11.0 Å². The van der Waals surface area contributed by atoms with E-state index in [1.54, 1.807) is 6.92 Å². The number of aryl methyl sites for hydroxylation is 1. The number of likely N-dealkylation sites (tertiary alicyclic amines) is 1. The Hall–Kier alpha value is -2.38. The van der Waals surface area contributed by atoms with Crippen molar-refractivity contribution in [3.63, 3.8) is 0 Å². The normalized spacial score (nSPS) is 20.9. The Labute approximate surface area is 190 Å². The summed E-state index contributed by atoms with van der Waals surface area (Å²) in [5, 5.41) is 3.76. The molecule has 2 aliphatic rings. The van der Waals surface area contributed by atoms with Gasteiger partial charge in [-0.15, -0.1) is 0 Å². The zero-order chi connectivity index (χ0) is 22.4. The van der Waals surface area contributed by atoms with Crippen LogP contribution in [0.5, 0.6) is 5.75 Å². The molecule has 1 amide bonds. The zero-order valence-corrected chi connectivity index (χ0v) is 19.3. The van der Waals surface area contributed by atoms with Crippen LogP contribution in [0.3, 0.4) is 0 Å². The number of amides is 1. The number of hydrogen-bond donors (Lipinski definition) is 0. The highest BCUT2D eigenvalue weighted by Crippen LogP contribution is 2.38. The minimum Gasteiger partial charge on any atom is -0.493 e. The average Bonchev–Trinajstić information content (AvgIpc) is 3.23. The Bertz CT molecular complexity index is 889. The molecule has 1 saturated heterocycles. The highest BCUT2D eigenvalue weighted by Gasteiger charge is 2.37. The number of carbonyl (C=O) groups excluding carboxylic acids is 1. The predicted molar refractivity (Wildman–Crippen MR) is 122 cm³/mol. The van der Waals surface area contributed by atoms with Gasteiger partial charge in [0.1, 0.15) is 17.1 Å². The van der Waals surface area contributed by atoms with Gasteiger partial charge in [-0.1, -0.05) is 29.8 Å². The lowest BCUT2D eigenvalue weighted by molar-refractivity contribution is 0.0332. The molecule has 1 aromatic heterocycles. The van der Waals surface area contributed by atoms with Crippen molar-refractivity contribution in [3.05, 3.63) is 47.3 Å². The van der Waals surface area contributed by atoms with Crippen LogP contribution in [0.15, 0.2) is 35.0 Å². The van der Waals surface area contributed by atoms with Crippen LogP contribution in [0.4, 0.5) is 0 Å². The monoisotopic (exact) mass is 441 g/mol. The summed E-state index contributed by atoms with van der Waals surface area (Å²) < 4.78 is 17.4. The maximum absolute atomic E-state index is 12.9. The van der Waals surface area contributed by atoms with Crippen molar-refractivity contribution < 1.29 is 18.8 Å². The van der Waals surface area contributed by atoms with Crippen molar-refractivity contribution >= 4 is 5.91 Å². The summed E-state index contributed by atoms with van der Waals surface area (Å²) in [6.45, 7) is 7.24. The second-order valence-corrected chi connectivity index (χ2v) is 9.29. The summed E-state index contributed by atoms with van der Waals surface area (Å²) in [5.41, 5.74) is 1.85. The Kier molecular flexibility index (Phi) is 7.48. The first-order valence-corrected chi connectivity index (χ1v) is 11.7. The molecule has 0 bridgehead atoms. The van der Waals surface area contributed by atoms with E-state index in [4.69, 9.17) is 14.0 Å². The topological polar surface area (TPSA) is 68.0 Å². The zero-order valence-electron chi connectivity index (χ0n) is 19.3. The van der Waals surface area contributed by atoms with Crippen molar-refractivity contribution in [1.82, 2.24) is 15.0 Å². The van der Waals surface area contributed by atoms with E-state index in [9.17, 15) is 4.79 Å². The lowest BCUT2D eigenvalue weighted by Gasteiger charge is -2.42. The Morgan fingerprint density at radius 3 is 2.66 bits per heavy atom. The lowest BCUT2D eigenvalue weighted by atomic mass is 9.75. The maximum Gasteiger partial charge on any atom is 0.259 e. The molecule has 0 atom stereocenters. The van der Waals surface area contributed by atoms with Gasteiger partial charge in [-0.05, 0) is 45.7 Å². The summed E-state index contributed by atoms with van der Waals surface area (Å²) in [6.07, 6.45) is 6.66. The molecule has 4 rings (SSSR count). The first-order valence-electron chi connectivity index (χ1n) is 11.7. The fourth-order valence-corrected chi connectivity index (χ4v) is 4.73. The van der Waals surface area contributed by atoms with Crippen LogP contribution in [-0.2, 0) is 11.3 Å². The third kappa shape index (κ3) is 5.51. The number of hydrogen-bond acceptors (Lipinski definition) is 6. The Morgan fingerprint density at radius 2 is 1.88 bits per heavy atom. The van der Waals surface area contributed by atoms with Gasteiger partial charge in [0.25, 0.3) is 5.91 Å². The van der Waals surface area contributed by atoms with Crippen molar-refractivity contribution in [2.24, 2.45) is 5.41 Å². The van der Waals surface area contributed by atoms with Crippen molar-refractivity contribution in [2.75, 3.05) is 46.5 Å². The Morgan fingerprint density at radius 1 is 1.06 bits per heavy atom. The van der Waals surface area contributed by atoms with Gasteiger partial charge in [0, 0.05) is 43.8 Å². The molecule has 2 aromatic rings. The van der Waals surface area contributed by atoms with E-state index in [0.717, 1.165) is 77.2 Å². The minimum atomic E-state index is 0.0159. The molecule has 32 heavy (non-hydrogen) atoms. The molecular formula is C25H35N3O4. The number of fused-ring (bicyclic) bond motifs is 1. The van der Waals surface area contributed by atoms with Gasteiger partial charge in [-0.2, -0.15) is 0 Å². The minimum absolute atomic E-state index is 0.0159. The molecule has 1 aromatic carbocycles. The van der Waals surface area contributed by atoms with Crippen LogP contribution >= 0.6 is 0 Å². The quantitative estimate of drug-likeness (QED) is 0.668. The summed E-state index contributed by atoms with van der Waals surface area (Å²) in [5.74, 6) is 1.57.